The normalized spacial score (nSPS) is 16.4. The molecule has 10 heteroatoms. The molecule has 2 aromatic rings. The van der Waals surface area contributed by atoms with Gasteiger partial charge in [0.05, 0.1) is 36.7 Å². The quantitative estimate of drug-likeness (QED) is 0.502. The van der Waals surface area contributed by atoms with E-state index in [1.54, 1.807) is 12.3 Å². The lowest BCUT2D eigenvalue weighted by Crippen LogP contribution is -3.06. The first-order valence-corrected chi connectivity index (χ1v) is 10.6. The van der Waals surface area contributed by atoms with Crippen molar-refractivity contribution in [3.63, 3.8) is 0 Å². The molecular formula is C18H25N4O5S+. The summed E-state index contributed by atoms with van der Waals surface area (Å²) >= 11 is 0. The van der Waals surface area contributed by atoms with Crippen LogP contribution in [0.2, 0.25) is 0 Å². The molecule has 1 atom stereocenters. The van der Waals surface area contributed by atoms with Crippen molar-refractivity contribution in [2.45, 2.75) is 23.8 Å². The van der Waals surface area contributed by atoms with Gasteiger partial charge < -0.3 is 14.6 Å². The molecule has 1 saturated heterocycles. The topological polar surface area (TPSA) is 110 Å². The number of sulfonamides is 1. The molecule has 2 heterocycles. The minimum absolute atomic E-state index is 0.0486. The SMILES string of the molecule is C[NH+](C)[C@H](CNc1ccc(S(=O)(=O)N2CCCC2)cc1[N+](=O)[O-])c1ccco1. The van der Waals surface area contributed by atoms with Crippen LogP contribution in [0.5, 0.6) is 0 Å². The van der Waals surface area contributed by atoms with Crippen LogP contribution < -0.4 is 10.2 Å². The van der Waals surface area contributed by atoms with Gasteiger partial charge in [-0.05, 0) is 37.1 Å². The van der Waals surface area contributed by atoms with Crippen LogP contribution in [0.15, 0.2) is 45.9 Å². The van der Waals surface area contributed by atoms with Crippen molar-refractivity contribution >= 4 is 21.4 Å². The molecule has 0 saturated carbocycles. The Kier molecular flexibility index (Phi) is 6.01. The highest BCUT2D eigenvalue weighted by Gasteiger charge is 2.30. The number of nitrogens with zero attached hydrogens (tertiary/aromatic N) is 2. The number of hydrogen-bond donors (Lipinski definition) is 2. The summed E-state index contributed by atoms with van der Waals surface area (Å²) < 4.78 is 32.2. The fourth-order valence-electron chi connectivity index (χ4n) is 3.34. The fraction of sp³-hybridized carbons (Fsp3) is 0.444. The third kappa shape index (κ3) is 4.18. The zero-order valence-corrected chi connectivity index (χ0v) is 16.7. The van der Waals surface area contributed by atoms with Crippen LogP contribution in [-0.4, -0.2) is 51.4 Å². The monoisotopic (exact) mass is 409 g/mol. The van der Waals surface area contributed by atoms with Crippen LogP contribution in [0.3, 0.4) is 0 Å². The Hall–Kier alpha value is -2.43. The first kappa shape index (κ1) is 20.3. The highest BCUT2D eigenvalue weighted by molar-refractivity contribution is 7.89. The third-order valence-electron chi connectivity index (χ3n) is 4.95. The van der Waals surface area contributed by atoms with Gasteiger partial charge in [0, 0.05) is 19.2 Å². The van der Waals surface area contributed by atoms with E-state index in [0.717, 1.165) is 29.6 Å². The van der Waals surface area contributed by atoms with Gasteiger partial charge in [-0.25, -0.2) is 8.42 Å². The van der Waals surface area contributed by atoms with E-state index >= 15 is 0 Å². The van der Waals surface area contributed by atoms with Crippen molar-refractivity contribution < 1.29 is 22.7 Å². The third-order valence-corrected chi connectivity index (χ3v) is 6.84. The highest BCUT2D eigenvalue weighted by atomic mass is 32.2. The molecule has 28 heavy (non-hydrogen) atoms. The van der Waals surface area contributed by atoms with Gasteiger partial charge in [-0.2, -0.15) is 4.31 Å². The number of anilines is 1. The van der Waals surface area contributed by atoms with Crippen LogP contribution in [0, 0.1) is 10.1 Å². The van der Waals surface area contributed by atoms with Crippen molar-refractivity contribution in [1.82, 2.24) is 4.31 Å². The second kappa shape index (κ2) is 8.29. The number of quaternary nitrogens is 1. The van der Waals surface area contributed by atoms with Crippen molar-refractivity contribution in [1.29, 1.82) is 0 Å². The summed E-state index contributed by atoms with van der Waals surface area (Å²) in [5.74, 6) is 0.767. The lowest BCUT2D eigenvalue weighted by atomic mass is 10.2. The molecule has 0 amide bonds. The summed E-state index contributed by atoms with van der Waals surface area (Å²) in [7, 11) is 0.225. The van der Waals surface area contributed by atoms with Crippen molar-refractivity contribution in [2.75, 3.05) is 39.0 Å². The number of nitro benzene ring substituents is 1. The fourth-order valence-corrected chi connectivity index (χ4v) is 4.88. The molecule has 1 aliphatic rings. The van der Waals surface area contributed by atoms with E-state index < -0.39 is 14.9 Å². The smallest absolute Gasteiger partial charge is 0.293 e. The summed E-state index contributed by atoms with van der Waals surface area (Å²) in [6.45, 7) is 1.30. The van der Waals surface area contributed by atoms with Crippen LogP contribution in [0.25, 0.3) is 0 Å². The largest absolute Gasteiger partial charge is 0.463 e. The summed E-state index contributed by atoms with van der Waals surface area (Å²) in [6, 6.07) is 7.63. The molecule has 1 aromatic heterocycles. The van der Waals surface area contributed by atoms with Gasteiger partial charge in [0.2, 0.25) is 10.0 Å². The summed E-state index contributed by atoms with van der Waals surface area (Å²) in [5, 5.41) is 14.6. The Balaban J connectivity index is 1.84. The predicted octanol–water partition coefficient (Wildman–Crippen LogP) is 1.27. The summed E-state index contributed by atoms with van der Waals surface area (Å²) in [4.78, 5) is 12.1. The number of hydrogen-bond acceptors (Lipinski definition) is 6. The highest BCUT2D eigenvalue weighted by Crippen LogP contribution is 2.30. The number of nitrogens with one attached hydrogen (secondary N) is 2. The zero-order chi connectivity index (χ0) is 20.3. The van der Waals surface area contributed by atoms with E-state index in [1.165, 1.54) is 16.4 Å². The second-order valence-corrected chi connectivity index (χ2v) is 9.01. The molecule has 0 spiro atoms. The van der Waals surface area contributed by atoms with Gasteiger partial charge in [-0.3, -0.25) is 10.1 Å². The average molecular weight is 409 g/mol. The molecule has 1 aliphatic heterocycles. The van der Waals surface area contributed by atoms with Gasteiger partial charge in [0.1, 0.15) is 5.69 Å². The van der Waals surface area contributed by atoms with E-state index in [4.69, 9.17) is 4.42 Å². The van der Waals surface area contributed by atoms with Crippen LogP contribution in [-0.2, 0) is 10.0 Å². The lowest BCUT2D eigenvalue weighted by Gasteiger charge is -2.20. The molecule has 0 radical (unpaired) electrons. The molecule has 2 N–H and O–H groups in total. The number of rotatable bonds is 8. The first-order chi connectivity index (χ1) is 13.3. The number of furan rings is 1. The standard InChI is InChI=1S/C18H24N4O5S/c1-20(2)17(18-6-5-11-27-18)13-19-15-8-7-14(12-16(15)22(23)24)28(25,26)21-9-3-4-10-21/h5-8,11-12,17,19H,3-4,9-10,13H2,1-2H3/p+1/t17-/m1/s1. The zero-order valence-electron chi connectivity index (χ0n) is 15.9. The predicted molar refractivity (Wildman–Crippen MR) is 104 cm³/mol. The molecule has 0 bridgehead atoms. The minimum Gasteiger partial charge on any atom is -0.463 e. The maximum Gasteiger partial charge on any atom is 0.293 e. The maximum atomic E-state index is 12.7. The Bertz CT molecular complexity index is 921. The van der Waals surface area contributed by atoms with Crippen LogP contribution >= 0.6 is 0 Å². The first-order valence-electron chi connectivity index (χ1n) is 9.16. The van der Waals surface area contributed by atoms with Gasteiger partial charge in [-0.1, -0.05) is 0 Å². The number of benzene rings is 1. The molecular weight excluding hydrogens is 384 g/mol. The molecule has 152 valence electrons. The van der Waals surface area contributed by atoms with Crippen LogP contribution in [0.1, 0.15) is 24.6 Å². The molecule has 9 nitrogen and oxygen atoms in total. The van der Waals surface area contributed by atoms with E-state index in [-0.39, 0.29) is 22.3 Å². The van der Waals surface area contributed by atoms with Gasteiger partial charge in [-0.15, -0.1) is 0 Å². The van der Waals surface area contributed by atoms with Crippen LogP contribution in [0.4, 0.5) is 11.4 Å². The van der Waals surface area contributed by atoms with Gasteiger partial charge in [0.15, 0.2) is 11.8 Å². The second-order valence-electron chi connectivity index (χ2n) is 7.07. The van der Waals surface area contributed by atoms with Crippen molar-refractivity contribution in [3.05, 3.63) is 52.5 Å². The average Bonchev–Trinajstić information content (AvgIpc) is 3.36. The van der Waals surface area contributed by atoms with Crippen molar-refractivity contribution in [2.24, 2.45) is 0 Å². The van der Waals surface area contributed by atoms with Gasteiger partial charge in [0.25, 0.3) is 5.69 Å². The molecule has 0 aliphatic carbocycles. The lowest BCUT2D eigenvalue weighted by molar-refractivity contribution is -0.891. The van der Waals surface area contributed by atoms with E-state index in [1.807, 2.05) is 20.2 Å². The van der Waals surface area contributed by atoms with Crippen molar-refractivity contribution in [3.8, 4) is 0 Å². The maximum absolute atomic E-state index is 12.7. The van der Waals surface area contributed by atoms with E-state index in [0.29, 0.717) is 19.6 Å². The minimum atomic E-state index is -3.71. The number of nitro groups is 1. The molecule has 1 aromatic carbocycles. The van der Waals surface area contributed by atoms with E-state index in [2.05, 4.69) is 5.32 Å². The Morgan fingerprint density at radius 2 is 2.00 bits per heavy atom. The summed E-state index contributed by atoms with van der Waals surface area (Å²) in [5.41, 5.74) is 0.0235. The summed E-state index contributed by atoms with van der Waals surface area (Å²) in [6.07, 6.45) is 3.20. The Morgan fingerprint density at radius 3 is 2.57 bits per heavy atom. The molecule has 1 fully saturated rings. The van der Waals surface area contributed by atoms with E-state index in [9.17, 15) is 18.5 Å². The Labute approximate surface area is 164 Å². The molecule has 0 unspecified atom stereocenters. The molecule has 3 rings (SSSR count). The number of likely N-dealkylation sites (N-methyl/N-ethyl adjacent to an activating group) is 1. The van der Waals surface area contributed by atoms with Gasteiger partial charge >= 0.3 is 0 Å². The Morgan fingerprint density at radius 1 is 1.29 bits per heavy atom.